The number of carbonyl (C=O) groups excluding carboxylic acids is 1. The summed E-state index contributed by atoms with van der Waals surface area (Å²) >= 11 is 1.33. The van der Waals surface area contributed by atoms with Crippen LogP contribution in [-0.4, -0.2) is 41.0 Å². The third kappa shape index (κ3) is 3.14. The fourth-order valence-corrected chi connectivity index (χ4v) is 3.73. The number of fused-ring (bicyclic) bond motifs is 3. The van der Waals surface area contributed by atoms with Gasteiger partial charge in [0.25, 0.3) is 0 Å². The van der Waals surface area contributed by atoms with Gasteiger partial charge in [0.15, 0.2) is 10.8 Å². The van der Waals surface area contributed by atoms with Crippen molar-refractivity contribution in [1.29, 1.82) is 0 Å². The van der Waals surface area contributed by atoms with Crippen LogP contribution in [0.15, 0.2) is 29.4 Å². The van der Waals surface area contributed by atoms with E-state index in [1.807, 2.05) is 52.1 Å². The van der Waals surface area contributed by atoms with Gasteiger partial charge in [-0.25, -0.2) is 9.97 Å². The summed E-state index contributed by atoms with van der Waals surface area (Å²) in [4.78, 5) is 21.6. The Balaban J connectivity index is 1.60. The van der Waals surface area contributed by atoms with Crippen LogP contribution >= 0.6 is 11.8 Å². The SMILES string of the molecule is Cc1nc2c3ccccc3nc(SCC(=O)Nc3c(C)nn(C)c3C)n2n1. The number of amides is 1. The molecule has 27 heavy (non-hydrogen) atoms. The highest BCUT2D eigenvalue weighted by Gasteiger charge is 2.16. The molecule has 3 heterocycles. The van der Waals surface area contributed by atoms with Crippen molar-refractivity contribution in [3.63, 3.8) is 0 Å². The number of aryl methyl sites for hydroxylation is 3. The Hall–Kier alpha value is -2.94. The predicted octanol–water partition coefficient (Wildman–Crippen LogP) is 2.67. The van der Waals surface area contributed by atoms with E-state index in [4.69, 9.17) is 0 Å². The van der Waals surface area contributed by atoms with Gasteiger partial charge in [0.2, 0.25) is 5.91 Å². The normalized spacial score (nSPS) is 11.4. The van der Waals surface area contributed by atoms with E-state index in [9.17, 15) is 4.79 Å². The molecule has 9 heteroatoms. The molecule has 1 aromatic carbocycles. The van der Waals surface area contributed by atoms with Crippen LogP contribution in [0.5, 0.6) is 0 Å². The molecular weight excluding hydrogens is 362 g/mol. The summed E-state index contributed by atoms with van der Waals surface area (Å²) in [5, 5.41) is 13.3. The maximum Gasteiger partial charge on any atom is 0.234 e. The first-order valence-electron chi connectivity index (χ1n) is 8.49. The van der Waals surface area contributed by atoms with Gasteiger partial charge in [-0.3, -0.25) is 9.48 Å². The quantitative estimate of drug-likeness (QED) is 0.432. The minimum absolute atomic E-state index is 0.112. The lowest BCUT2D eigenvalue weighted by molar-refractivity contribution is -0.113. The molecule has 0 aliphatic carbocycles. The fourth-order valence-electron chi connectivity index (χ4n) is 2.99. The Morgan fingerprint density at radius 3 is 2.67 bits per heavy atom. The zero-order valence-corrected chi connectivity index (χ0v) is 16.3. The second kappa shape index (κ2) is 6.66. The first kappa shape index (κ1) is 17.5. The summed E-state index contributed by atoms with van der Waals surface area (Å²) in [6, 6.07) is 7.80. The maximum atomic E-state index is 12.5. The van der Waals surface area contributed by atoms with Crippen molar-refractivity contribution in [2.75, 3.05) is 11.1 Å². The molecule has 0 spiro atoms. The monoisotopic (exact) mass is 381 g/mol. The van der Waals surface area contributed by atoms with Crippen molar-refractivity contribution in [3.05, 3.63) is 41.5 Å². The van der Waals surface area contributed by atoms with E-state index in [-0.39, 0.29) is 11.7 Å². The van der Waals surface area contributed by atoms with Gasteiger partial charge in [0.1, 0.15) is 5.82 Å². The van der Waals surface area contributed by atoms with E-state index in [0.717, 1.165) is 33.6 Å². The largest absolute Gasteiger partial charge is 0.322 e. The van der Waals surface area contributed by atoms with Gasteiger partial charge in [-0.05, 0) is 32.9 Å². The number of hydrogen-bond acceptors (Lipinski definition) is 6. The highest BCUT2D eigenvalue weighted by Crippen LogP contribution is 2.24. The van der Waals surface area contributed by atoms with Gasteiger partial charge in [0, 0.05) is 12.4 Å². The van der Waals surface area contributed by atoms with Crippen LogP contribution in [-0.2, 0) is 11.8 Å². The van der Waals surface area contributed by atoms with Gasteiger partial charge in [-0.1, -0.05) is 23.9 Å². The van der Waals surface area contributed by atoms with Crippen LogP contribution in [0.3, 0.4) is 0 Å². The molecule has 0 saturated heterocycles. The number of nitrogens with zero attached hydrogens (tertiary/aromatic N) is 6. The van der Waals surface area contributed by atoms with E-state index in [2.05, 4.69) is 25.5 Å². The van der Waals surface area contributed by atoms with Crippen LogP contribution in [0, 0.1) is 20.8 Å². The minimum Gasteiger partial charge on any atom is -0.322 e. The molecule has 4 rings (SSSR count). The number of thioether (sulfide) groups is 1. The van der Waals surface area contributed by atoms with E-state index >= 15 is 0 Å². The molecule has 8 nitrogen and oxygen atoms in total. The molecule has 1 amide bonds. The fraction of sp³-hybridized carbons (Fsp3) is 0.278. The zero-order valence-electron chi connectivity index (χ0n) is 15.5. The van der Waals surface area contributed by atoms with Crippen molar-refractivity contribution in [2.45, 2.75) is 25.9 Å². The standard InChI is InChI=1S/C18H19N7OS/c1-10-16(11(2)24(4)22-10)21-15(26)9-27-18-20-14-8-6-5-7-13(14)17-19-12(3)23-25(17)18/h5-8H,9H2,1-4H3,(H,21,26). The van der Waals surface area contributed by atoms with Crippen LogP contribution in [0.4, 0.5) is 5.69 Å². The summed E-state index contributed by atoms with van der Waals surface area (Å²) in [6.45, 7) is 5.65. The third-order valence-corrected chi connectivity index (χ3v) is 5.29. The molecule has 138 valence electrons. The van der Waals surface area contributed by atoms with E-state index in [1.165, 1.54) is 11.8 Å². The lowest BCUT2D eigenvalue weighted by atomic mass is 10.2. The molecule has 0 saturated carbocycles. The zero-order chi connectivity index (χ0) is 19.1. The smallest absolute Gasteiger partial charge is 0.234 e. The predicted molar refractivity (Wildman–Crippen MR) is 105 cm³/mol. The molecule has 0 unspecified atom stereocenters. The molecule has 0 bridgehead atoms. The van der Waals surface area contributed by atoms with Crippen molar-refractivity contribution >= 4 is 39.9 Å². The average Bonchev–Trinajstić information content (AvgIpc) is 3.14. The highest BCUT2D eigenvalue weighted by atomic mass is 32.2. The number of aromatic nitrogens is 6. The van der Waals surface area contributed by atoms with Gasteiger partial charge in [0.05, 0.1) is 28.3 Å². The van der Waals surface area contributed by atoms with E-state index < -0.39 is 0 Å². The Bertz CT molecular complexity index is 1180. The minimum atomic E-state index is -0.112. The average molecular weight is 381 g/mol. The molecule has 0 aliphatic rings. The van der Waals surface area contributed by atoms with Crippen LogP contribution < -0.4 is 5.32 Å². The Morgan fingerprint density at radius 2 is 1.93 bits per heavy atom. The first-order valence-corrected chi connectivity index (χ1v) is 9.47. The Labute approximate surface area is 160 Å². The number of rotatable bonds is 4. The van der Waals surface area contributed by atoms with E-state index in [0.29, 0.717) is 11.0 Å². The third-order valence-electron chi connectivity index (χ3n) is 4.36. The number of hydrogen-bond donors (Lipinski definition) is 1. The van der Waals surface area contributed by atoms with Crippen LogP contribution in [0.25, 0.3) is 16.6 Å². The summed E-state index contributed by atoms with van der Waals surface area (Å²) in [5.74, 6) is 0.771. The van der Waals surface area contributed by atoms with Gasteiger partial charge < -0.3 is 5.32 Å². The second-order valence-corrected chi connectivity index (χ2v) is 7.25. The molecule has 0 aliphatic heterocycles. The summed E-state index contributed by atoms with van der Waals surface area (Å²) in [5.41, 5.74) is 4.06. The molecule has 1 N–H and O–H groups in total. The lowest BCUT2D eigenvalue weighted by Crippen LogP contribution is -2.16. The molecule has 0 atom stereocenters. The lowest BCUT2D eigenvalue weighted by Gasteiger charge is -2.07. The number of anilines is 1. The molecule has 0 radical (unpaired) electrons. The number of para-hydroxylation sites is 1. The van der Waals surface area contributed by atoms with Gasteiger partial charge in [-0.2, -0.15) is 9.61 Å². The summed E-state index contributed by atoms with van der Waals surface area (Å²) < 4.78 is 3.46. The number of carbonyl (C=O) groups is 1. The molecule has 0 fully saturated rings. The highest BCUT2D eigenvalue weighted by molar-refractivity contribution is 7.99. The molecular formula is C18H19N7OS. The van der Waals surface area contributed by atoms with Gasteiger partial charge >= 0.3 is 0 Å². The topological polar surface area (TPSA) is 90.0 Å². The van der Waals surface area contributed by atoms with Crippen molar-refractivity contribution in [1.82, 2.24) is 29.4 Å². The number of benzene rings is 1. The molecule has 3 aromatic heterocycles. The Morgan fingerprint density at radius 1 is 1.15 bits per heavy atom. The number of nitrogens with one attached hydrogen (secondary N) is 1. The Kier molecular flexibility index (Phi) is 4.31. The van der Waals surface area contributed by atoms with Crippen molar-refractivity contribution in [2.24, 2.45) is 7.05 Å². The van der Waals surface area contributed by atoms with Crippen molar-refractivity contribution in [3.8, 4) is 0 Å². The summed E-state index contributed by atoms with van der Waals surface area (Å²) in [6.07, 6.45) is 0. The van der Waals surface area contributed by atoms with E-state index in [1.54, 1.807) is 9.20 Å². The maximum absolute atomic E-state index is 12.5. The van der Waals surface area contributed by atoms with Crippen LogP contribution in [0.1, 0.15) is 17.2 Å². The van der Waals surface area contributed by atoms with Crippen molar-refractivity contribution < 1.29 is 4.79 Å². The second-order valence-electron chi connectivity index (χ2n) is 6.31. The van der Waals surface area contributed by atoms with Gasteiger partial charge in [-0.15, -0.1) is 5.10 Å². The molecule has 4 aromatic rings. The first-order chi connectivity index (χ1) is 12.9. The van der Waals surface area contributed by atoms with Crippen LogP contribution in [0.2, 0.25) is 0 Å². The summed E-state index contributed by atoms with van der Waals surface area (Å²) in [7, 11) is 1.86.